The average Bonchev–Trinajstić information content (AvgIpc) is 2.53. The van der Waals surface area contributed by atoms with Crippen LogP contribution in [0.4, 0.5) is 0 Å². The van der Waals surface area contributed by atoms with Crippen molar-refractivity contribution in [3.05, 3.63) is 12.2 Å². The van der Waals surface area contributed by atoms with Crippen molar-refractivity contribution in [3.8, 4) is 0 Å². The largest absolute Gasteiger partial charge is 0.550 e. The van der Waals surface area contributed by atoms with Crippen molar-refractivity contribution >= 4 is 17.9 Å². The number of hydrogen-bond donors (Lipinski definition) is 1. The number of carboxylic acid groups (broad SMARTS) is 2. The van der Waals surface area contributed by atoms with E-state index >= 15 is 0 Å². The van der Waals surface area contributed by atoms with E-state index in [1.165, 1.54) is 0 Å². The molecule has 0 aromatic rings. The summed E-state index contributed by atoms with van der Waals surface area (Å²) in [5, 5.41) is 19.4. The van der Waals surface area contributed by atoms with Gasteiger partial charge in [-0.05, 0) is 32.1 Å². The van der Waals surface area contributed by atoms with Crippen LogP contribution in [0.1, 0.15) is 70.6 Å². The van der Waals surface area contributed by atoms with Crippen LogP contribution < -0.4 is 5.11 Å². The number of carbonyl (C=O) groups excluding carboxylic acids is 2. The number of unbranched alkanes of at least 4 members (excludes halogenated alkanes) is 6. The zero-order valence-corrected chi connectivity index (χ0v) is 17.7. The summed E-state index contributed by atoms with van der Waals surface area (Å²) in [6.07, 6.45) is 11.2. The first-order valence-electron chi connectivity index (χ1n) is 10.2. The number of aliphatic carboxylic acids is 2. The number of carbonyl (C=O) groups is 3. The monoisotopic (exact) mass is 399 g/mol. The lowest BCUT2D eigenvalue weighted by atomic mass is 10.1. The highest BCUT2D eigenvalue weighted by Gasteiger charge is 2.22. The van der Waals surface area contributed by atoms with Gasteiger partial charge < -0.3 is 24.2 Å². The third-order valence-corrected chi connectivity index (χ3v) is 4.12. The van der Waals surface area contributed by atoms with Crippen molar-refractivity contribution in [2.75, 3.05) is 27.7 Å². The molecule has 0 aromatic carbocycles. The van der Waals surface area contributed by atoms with Gasteiger partial charge in [0.2, 0.25) is 0 Å². The number of likely N-dealkylation sites (N-methyl/N-ethyl adjacent to an activating group) is 1. The Morgan fingerprint density at radius 2 is 1.50 bits per heavy atom. The first-order valence-corrected chi connectivity index (χ1v) is 10.2. The van der Waals surface area contributed by atoms with Gasteiger partial charge in [0.15, 0.2) is 6.10 Å². The van der Waals surface area contributed by atoms with Gasteiger partial charge in [-0.1, -0.05) is 31.4 Å². The fraction of sp³-hybridized carbons (Fsp3) is 0.762. The molecule has 1 unspecified atom stereocenters. The molecular formula is C21H37NO6. The summed E-state index contributed by atoms with van der Waals surface area (Å²) in [6.45, 7) is 0.427. The van der Waals surface area contributed by atoms with Crippen LogP contribution in [0.3, 0.4) is 0 Å². The molecule has 0 aromatic heterocycles. The molecule has 0 amide bonds. The van der Waals surface area contributed by atoms with Gasteiger partial charge in [-0.3, -0.25) is 9.59 Å². The maximum Gasteiger partial charge on any atom is 0.306 e. The number of esters is 1. The molecule has 28 heavy (non-hydrogen) atoms. The van der Waals surface area contributed by atoms with Crippen molar-refractivity contribution in [1.82, 2.24) is 0 Å². The fourth-order valence-corrected chi connectivity index (χ4v) is 2.85. The molecule has 162 valence electrons. The standard InChI is InChI=1S/C21H37NO6/c1-22(2,3)17-18(16-20(25)26)28-21(27)15-13-11-9-7-5-4-6-8-10-12-14-19(23)24/h7,9,18H,4-6,8,10-17H2,1-3H3,(H-,23,24,25,26)/b9-7-. The minimum Gasteiger partial charge on any atom is -0.550 e. The number of hydrogen-bond acceptors (Lipinski definition) is 5. The maximum absolute atomic E-state index is 11.9. The lowest BCUT2D eigenvalue weighted by Crippen LogP contribution is -2.45. The summed E-state index contributed by atoms with van der Waals surface area (Å²) in [5.74, 6) is -2.31. The van der Waals surface area contributed by atoms with E-state index in [-0.39, 0.29) is 25.2 Å². The van der Waals surface area contributed by atoms with Crippen molar-refractivity contribution < 1.29 is 33.8 Å². The van der Waals surface area contributed by atoms with Gasteiger partial charge >= 0.3 is 11.9 Å². The second-order valence-electron chi connectivity index (χ2n) is 8.22. The Morgan fingerprint density at radius 3 is 2.07 bits per heavy atom. The Kier molecular flexibility index (Phi) is 14.1. The average molecular weight is 400 g/mol. The van der Waals surface area contributed by atoms with Crippen molar-refractivity contribution in [2.45, 2.75) is 76.7 Å². The Hall–Kier alpha value is -1.89. The van der Waals surface area contributed by atoms with E-state index in [4.69, 9.17) is 9.84 Å². The number of quaternary nitrogens is 1. The molecule has 0 aliphatic rings. The Bertz CT molecular complexity index is 496. The van der Waals surface area contributed by atoms with E-state index in [0.29, 0.717) is 17.4 Å². The van der Waals surface area contributed by atoms with Gasteiger partial charge in [0.25, 0.3) is 0 Å². The van der Waals surface area contributed by atoms with E-state index in [0.717, 1.165) is 44.9 Å². The van der Waals surface area contributed by atoms with E-state index in [9.17, 15) is 19.5 Å². The second-order valence-corrected chi connectivity index (χ2v) is 8.22. The van der Waals surface area contributed by atoms with Crippen molar-refractivity contribution in [3.63, 3.8) is 0 Å². The molecule has 0 rings (SSSR count). The molecule has 0 aliphatic carbocycles. The van der Waals surface area contributed by atoms with Gasteiger partial charge in [-0.25, -0.2) is 0 Å². The van der Waals surface area contributed by atoms with Crippen LogP contribution in [-0.4, -0.2) is 61.3 Å². The molecule has 0 fully saturated rings. The molecule has 0 aliphatic heterocycles. The molecule has 0 heterocycles. The molecule has 0 spiro atoms. The summed E-state index contributed by atoms with van der Waals surface area (Å²) in [5.41, 5.74) is 0. The van der Waals surface area contributed by atoms with Crippen LogP contribution in [-0.2, 0) is 19.1 Å². The molecule has 7 nitrogen and oxygen atoms in total. The van der Waals surface area contributed by atoms with Crippen LogP contribution >= 0.6 is 0 Å². The zero-order valence-electron chi connectivity index (χ0n) is 17.7. The number of ether oxygens (including phenoxy) is 1. The number of allylic oxidation sites excluding steroid dienone is 2. The zero-order chi connectivity index (χ0) is 21.4. The number of rotatable bonds is 17. The SMILES string of the molecule is C[N+](C)(C)CC(CC(=O)[O-])OC(=O)CCC/C=C\CCCCCCCC(=O)O. The molecular weight excluding hydrogens is 362 g/mol. The molecule has 1 atom stereocenters. The van der Waals surface area contributed by atoms with Crippen LogP contribution in [0.2, 0.25) is 0 Å². The summed E-state index contributed by atoms with van der Waals surface area (Å²) in [7, 11) is 5.74. The summed E-state index contributed by atoms with van der Waals surface area (Å²) < 4.78 is 5.82. The highest BCUT2D eigenvalue weighted by molar-refractivity contribution is 5.70. The predicted molar refractivity (Wildman–Crippen MR) is 105 cm³/mol. The first-order chi connectivity index (χ1) is 13.1. The lowest BCUT2D eigenvalue weighted by Gasteiger charge is -2.29. The third-order valence-electron chi connectivity index (χ3n) is 4.12. The van der Waals surface area contributed by atoms with Crippen molar-refractivity contribution in [1.29, 1.82) is 0 Å². The van der Waals surface area contributed by atoms with Crippen LogP contribution in [0, 0.1) is 0 Å². The van der Waals surface area contributed by atoms with Crippen LogP contribution in [0.5, 0.6) is 0 Å². The quantitative estimate of drug-likeness (QED) is 0.174. The third kappa shape index (κ3) is 18.9. The molecule has 7 heteroatoms. The minimum absolute atomic E-state index is 0.256. The molecule has 1 N–H and O–H groups in total. The van der Waals surface area contributed by atoms with Gasteiger partial charge in [0.1, 0.15) is 6.54 Å². The summed E-state index contributed by atoms with van der Waals surface area (Å²) in [4.78, 5) is 33.1. The van der Waals surface area contributed by atoms with E-state index < -0.39 is 18.0 Å². The maximum atomic E-state index is 11.9. The van der Waals surface area contributed by atoms with Gasteiger partial charge in [-0.2, -0.15) is 0 Å². The van der Waals surface area contributed by atoms with Crippen LogP contribution in [0.15, 0.2) is 12.2 Å². The van der Waals surface area contributed by atoms with E-state index in [1.54, 1.807) is 0 Å². The highest BCUT2D eigenvalue weighted by Crippen LogP contribution is 2.10. The normalized spacial score (nSPS) is 12.8. The lowest BCUT2D eigenvalue weighted by molar-refractivity contribution is -0.873. The number of carboxylic acids is 2. The Morgan fingerprint density at radius 1 is 0.929 bits per heavy atom. The van der Waals surface area contributed by atoms with Gasteiger partial charge in [0.05, 0.1) is 21.1 Å². The van der Waals surface area contributed by atoms with Gasteiger partial charge in [-0.15, -0.1) is 0 Å². The minimum atomic E-state index is -1.21. The fourth-order valence-electron chi connectivity index (χ4n) is 2.85. The smallest absolute Gasteiger partial charge is 0.306 e. The van der Waals surface area contributed by atoms with E-state index in [2.05, 4.69) is 12.2 Å². The molecule has 0 bridgehead atoms. The molecule has 0 radical (unpaired) electrons. The van der Waals surface area contributed by atoms with Crippen LogP contribution in [0.25, 0.3) is 0 Å². The Labute approximate surface area is 169 Å². The molecule has 0 saturated heterocycles. The molecule has 0 saturated carbocycles. The summed E-state index contributed by atoms with van der Waals surface area (Å²) in [6, 6.07) is 0. The summed E-state index contributed by atoms with van der Waals surface area (Å²) >= 11 is 0. The topological polar surface area (TPSA) is 104 Å². The van der Waals surface area contributed by atoms with E-state index in [1.807, 2.05) is 21.1 Å². The second kappa shape index (κ2) is 15.1. The first kappa shape index (κ1) is 26.1. The number of nitrogens with zero attached hydrogens (tertiary/aromatic N) is 1. The predicted octanol–water partition coefficient (Wildman–Crippen LogP) is 2.29. The van der Waals surface area contributed by atoms with Crippen molar-refractivity contribution in [2.24, 2.45) is 0 Å². The highest BCUT2D eigenvalue weighted by atomic mass is 16.5. The van der Waals surface area contributed by atoms with Gasteiger partial charge in [0, 0.05) is 25.2 Å². The Balaban J connectivity index is 3.79.